The Bertz CT molecular complexity index is 146. The number of hydrogen-bond donors (Lipinski definition) is 3. The van der Waals surface area contributed by atoms with Crippen LogP contribution in [0.1, 0.15) is 19.3 Å². The predicted molar refractivity (Wildman–Crippen MR) is 52.5 cm³/mol. The third-order valence-electron chi connectivity index (χ3n) is 2.05. The highest BCUT2D eigenvalue weighted by Crippen LogP contribution is 2.02. The maximum atomic E-state index is 11.0. The van der Waals surface area contributed by atoms with Gasteiger partial charge >= 0.3 is 0 Å². The summed E-state index contributed by atoms with van der Waals surface area (Å²) >= 11 is 3.99. The second kappa shape index (κ2) is 5.43. The maximum absolute atomic E-state index is 11.0. The lowest BCUT2D eigenvalue weighted by atomic mass is 10.2. The number of amides is 1. The van der Waals surface area contributed by atoms with Gasteiger partial charge < -0.3 is 10.6 Å². The fourth-order valence-corrected chi connectivity index (χ4v) is 1.56. The van der Waals surface area contributed by atoms with Crippen molar-refractivity contribution in [3.05, 3.63) is 0 Å². The maximum Gasteiger partial charge on any atom is 0.220 e. The minimum Gasteiger partial charge on any atom is -0.355 e. The van der Waals surface area contributed by atoms with E-state index in [-0.39, 0.29) is 5.91 Å². The molecule has 1 fully saturated rings. The zero-order valence-electron chi connectivity index (χ0n) is 7.18. The zero-order valence-corrected chi connectivity index (χ0v) is 8.07. The van der Waals surface area contributed by atoms with Gasteiger partial charge in [-0.1, -0.05) is 0 Å². The molecule has 0 bridgehead atoms. The molecule has 0 saturated carbocycles. The second-order valence-electron chi connectivity index (χ2n) is 3.07. The lowest BCUT2D eigenvalue weighted by molar-refractivity contribution is -0.120. The molecule has 0 aromatic heterocycles. The van der Waals surface area contributed by atoms with E-state index < -0.39 is 0 Å². The van der Waals surface area contributed by atoms with Crippen molar-refractivity contribution in [1.82, 2.24) is 10.6 Å². The van der Waals surface area contributed by atoms with Gasteiger partial charge in [0.2, 0.25) is 5.91 Å². The lowest BCUT2D eigenvalue weighted by Crippen LogP contribution is -2.37. The van der Waals surface area contributed by atoms with Crippen LogP contribution in [0.2, 0.25) is 0 Å². The minimum atomic E-state index is 0.110. The van der Waals surface area contributed by atoms with Crippen LogP contribution in [0.15, 0.2) is 0 Å². The van der Waals surface area contributed by atoms with E-state index >= 15 is 0 Å². The third kappa shape index (κ3) is 3.45. The van der Waals surface area contributed by atoms with Crippen LogP contribution in [0.3, 0.4) is 0 Å². The van der Waals surface area contributed by atoms with Crippen molar-refractivity contribution < 1.29 is 4.79 Å². The van der Waals surface area contributed by atoms with Gasteiger partial charge in [-0.25, -0.2) is 0 Å². The van der Waals surface area contributed by atoms with E-state index in [0.29, 0.717) is 18.2 Å². The number of rotatable bonds is 4. The molecule has 0 radical (unpaired) electrons. The Morgan fingerprint density at radius 1 is 1.67 bits per heavy atom. The molecule has 1 atom stereocenters. The number of carbonyl (C=O) groups excluding carboxylic acids is 1. The van der Waals surface area contributed by atoms with E-state index in [4.69, 9.17) is 0 Å². The Morgan fingerprint density at radius 3 is 3.08 bits per heavy atom. The molecule has 1 heterocycles. The molecule has 1 aliphatic rings. The molecule has 1 unspecified atom stereocenters. The average Bonchev–Trinajstić information content (AvgIpc) is 2.53. The molecule has 3 nitrogen and oxygen atoms in total. The van der Waals surface area contributed by atoms with Gasteiger partial charge in [0, 0.05) is 19.0 Å². The van der Waals surface area contributed by atoms with Crippen LogP contribution in [0.4, 0.5) is 0 Å². The van der Waals surface area contributed by atoms with Gasteiger partial charge in [-0.05, 0) is 25.1 Å². The monoisotopic (exact) mass is 188 g/mol. The Labute approximate surface area is 78.7 Å². The first-order chi connectivity index (χ1) is 5.83. The number of nitrogens with one attached hydrogen (secondary N) is 2. The highest BCUT2D eigenvalue weighted by atomic mass is 32.1. The van der Waals surface area contributed by atoms with Crippen LogP contribution in [0.5, 0.6) is 0 Å². The molecule has 1 rings (SSSR count). The quantitative estimate of drug-likeness (QED) is 0.551. The average molecular weight is 188 g/mol. The molecule has 0 aromatic carbocycles. The van der Waals surface area contributed by atoms with Gasteiger partial charge in [0.15, 0.2) is 0 Å². The smallest absolute Gasteiger partial charge is 0.220 e. The first-order valence-corrected chi connectivity index (χ1v) is 5.07. The van der Waals surface area contributed by atoms with Gasteiger partial charge in [0.05, 0.1) is 0 Å². The third-order valence-corrected chi connectivity index (χ3v) is 2.27. The molecule has 4 heteroatoms. The molecule has 0 spiro atoms. The minimum absolute atomic E-state index is 0.110. The summed E-state index contributed by atoms with van der Waals surface area (Å²) in [6, 6.07) is 0.494. The van der Waals surface area contributed by atoms with Crippen molar-refractivity contribution in [3.63, 3.8) is 0 Å². The van der Waals surface area contributed by atoms with Crippen LogP contribution < -0.4 is 10.6 Å². The summed E-state index contributed by atoms with van der Waals surface area (Å²) in [4.78, 5) is 11.0. The summed E-state index contributed by atoms with van der Waals surface area (Å²) in [6.07, 6.45) is 2.93. The lowest BCUT2D eigenvalue weighted by Gasteiger charge is -2.10. The van der Waals surface area contributed by atoms with Crippen molar-refractivity contribution >= 4 is 18.5 Å². The summed E-state index contributed by atoms with van der Waals surface area (Å²) in [5.41, 5.74) is 0. The van der Waals surface area contributed by atoms with Crippen molar-refractivity contribution in [2.75, 3.05) is 18.8 Å². The Morgan fingerprint density at radius 2 is 2.50 bits per heavy atom. The van der Waals surface area contributed by atoms with Gasteiger partial charge in [-0.15, -0.1) is 0 Å². The van der Waals surface area contributed by atoms with Crippen molar-refractivity contribution in [2.45, 2.75) is 25.3 Å². The fraction of sp³-hybridized carbons (Fsp3) is 0.875. The Kier molecular flexibility index (Phi) is 4.46. The molecular weight excluding hydrogens is 172 g/mol. The highest BCUT2D eigenvalue weighted by molar-refractivity contribution is 7.80. The molecule has 1 aliphatic heterocycles. The SMILES string of the molecule is O=C(CCS)NCC1CCCN1. The first kappa shape index (κ1) is 9.86. The highest BCUT2D eigenvalue weighted by Gasteiger charge is 2.13. The summed E-state index contributed by atoms with van der Waals surface area (Å²) in [6.45, 7) is 1.86. The number of carbonyl (C=O) groups is 1. The van der Waals surface area contributed by atoms with Crippen molar-refractivity contribution in [2.24, 2.45) is 0 Å². The van der Waals surface area contributed by atoms with E-state index in [9.17, 15) is 4.79 Å². The van der Waals surface area contributed by atoms with Crippen LogP contribution in [0.25, 0.3) is 0 Å². The second-order valence-corrected chi connectivity index (χ2v) is 3.52. The predicted octanol–water partition coefficient (Wildman–Crippen LogP) is 0.174. The molecule has 0 aromatic rings. The summed E-state index contributed by atoms with van der Waals surface area (Å²) in [5.74, 6) is 0.739. The zero-order chi connectivity index (χ0) is 8.81. The number of thiol groups is 1. The standard InChI is InChI=1S/C8H16N2OS/c11-8(3-5-12)10-6-7-2-1-4-9-7/h7,9,12H,1-6H2,(H,10,11). The molecular formula is C8H16N2OS. The molecule has 0 aliphatic carbocycles. The Balaban J connectivity index is 2.03. The molecule has 1 amide bonds. The number of hydrogen-bond acceptors (Lipinski definition) is 3. The first-order valence-electron chi connectivity index (χ1n) is 4.44. The van der Waals surface area contributed by atoms with Gasteiger partial charge in [-0.3, -0.25) is 4.79 Å². The molecule has 12 heavy (non-hydrogen) atoms. The van der Waals surface area contributed by atoms with Crippen LogP contribution in [-0.2, 0) is 4.79 Å². The largest absolute Gasteiger partial charge is 0.355 e. The van der Waals surface area contributed by atoms with Gasteiger partial charge in [0.25, 0.3) is 0 Å². The van der Waals surface area contributed by atoms with E-state index in [1.807, 2.05) is 0 Å². The Hall–Kier alpha value is -0.220. The normalized spacial score (nSPS) is 22.6. The van der Waals surface area contributed by atoms with Crippen LogP contribution in [-0.4, -0.2) is 30.8 Å². The van der Waals surface area contributed by atoms with Crippen LogP contribution >= 0.6 is 12.6 Å². The fourth-order valence-electron chi connectivity index (χ4n) is 1.36. The summed E-state index contributed by atoms with van der Waals surface area (Å²) in [7, 11) is 0. The van der Waals surface area contributed by atoms with Crippen molar-refractivity contribution in [3.8, 4) is 0 Å². The molecule has 1 saturated heterocycles. The van der Waals surface area contributed by atoms with Crippen LogP contribution in [0, 0.1) is 0 Å². The van der Waals surface area contributed by atoms with E-state index in [1.165, 1.54) is 12.8 Å². The summed E-state index contributed by atoms with van der Waals surface area (Å²) in [5, 5.41) is 6.20. The summed E-state index contributed by atoms with van der Waals surface area (Å²) < 4.78 is 0. The molecule has 2 N–H and O–H groups in total. The van der Waals surface area contributed by atoms with E-state index in [1.54, 1.807) is 0 Å². The van der Waals surface area contributed by atoms with Gasteiger partial charge in [-0.2, -0.15) is 12.6 Å². The molecule has 70 valence electrons. The topological polar surface area (TPSA) is 41.1 Å². The van der Waals surface area contributed by atoms with E-state index in [2.05, 4.69) is 23.3 Å². The van der Waals surface area contributed by atoms with Crippen molar-refractivity contribution in [1.29, 1.82) is 0 Å². The van der Waals surface area contributed by atoms with Gasteiger partial charge in [0.1, 0.15) is 0 Å². The van der Waals surface area contributed by atoms with E-state index in [0.717, 1.165) is 13.1 Å².